The van der Waals surface area contributed by atoms with Gasteiger partial charge in [-0.25, -0.2) is 9.37 Å². The molecule has 1 amide bonds. The van der Waals surface area contributed by atoms with Crippen molar-refractivity contribution in [2.24, 2.45) is 11.5 Å². The number of hydrogen-bond donors (Lipinski definition) is 3. The number of benzene rings is 2. The minimum atomic E-state index is -0.712. The molecule has 0 aliphatic rings. The lowest BCUT2D eigenvalue weighted by Crippen LogP contribution is -2.13. The molecular formula is C24H25FN6O. The maximum absolute atomic E-state index is 14.3. The zero-order chi connectivity index (χ0) is 22.8. The number of amides is 1. The monoisotopic (exact) mass is 432 g/mol. The van der Waals surface area contributed by atoms with Crippen LogP contribution in [-0.2, 0) is 13.1 Å². The Kier molecular flexibility index (Phi) is 5.87. The first-order chi connectivity index (χ1) is 15.4. The molecule has 0 fully saturated rings. The molecule has 5 N–H and O–H groups in total. The predicted octanol–water partition coefficient (Wildman–Crippen LogP) is 3.85. The number of nitrogens with one attached hydrogen (secondary N) is 1. The van der Waals surface area contributed by atoms with Gasteiger partial charge < -0.3 is 16.8 Å². The molecule has 7 nitrogen and oxygen atoms in total. The zero-order valence-electron chi connectivity index (χ0n) is 18.0. The van der Waals surface area contributed by atoms with E-state index in [0.29, 0.717) is 34.9 Å². The van der Waals surface area contributed by atoms with Crippen molar-refractivity contribution < 1.29 is 9.18 Å². The topological polar surface area (TPSA) is 112 Å². The highest BCUT2D eigenvalue weighted by Gasteiger charge is 2.19. The van der Waals surface area contributed by atoms with Gasteiger partial charge >= 0.3 is 0 Å². The summed E-state index contributed by atoms with van der Waals surface area (Å²) >= 11 is 0. The first kappa shape index (κ1) is 21.5. The highest BCUT2D eigenvalue weighted by atomic mass is 19.1. The Balaban J connectivity index is 1.85. The lowest BCUT2D eigenvalue weighted by Gasteiger charge is -2.16. The van der Waals surface area contributed by atoms with Gasteiger partial charge in [-0.2, -0.15) is 4.98 Å². The number of hydrogen-bond acceptors (Lipinski definition) is 5. The third-order valence-electron chi connectivity index (χ3n) is 5.37. The summed E-state index contributed by atoms with van der Waals surface area (Å²) in [5.74, 6) is -0.0739. The van der Waals surface area contributed by atoms with Gasteiger partial charge in [0.15, 0.2) is 0 Å². The second kappa shape index (κ2) is 8.76. The van der Waals surface area contributed by atoms with Crippen molar-refractivity contribution in [1.82, 2.24) is 14.5 Å². The number of halogens is 1. The average Bonchev–Trinajstić information content (AvgIpc) is 3.15. The molecule has 4 aromatic rings. The smallest absolute Gasteiger partial charge is 0.249 e. The molecule has 0 spiro atoms. The van der Waals surface area contributed by atoms with E-state index in [2.05, 4.69) is 24.1 Å². The Hall–Kier alpha value is -3.78. The van der Waals surface area contributed by atoms with Crippen molar-refractivity contribution in [3.63, 3.8) is 0 Å². The van der Waals surface area contributed by atoms with Gasteiger partial charge in [0.2, 0.25) is 11.9 Å². The van der Waals surface area contributed by atoms with Crippen molar-refractivity contribution >= 4 is 22.6 Å². The molecule has 0 aliphatic heterocycles. The fourth-order valence-electron chi connectivity index (χ4n) is 3.75. The molecule has 2 heterocycles. The van der Waals surface area contributed by atoms with E-state index in [0.717, 1.165) is 17.2 Å². The van der Waals surface area contributed by atoms with Gasteiger partial charge in [0, 0.05) is 35.9 Å². The molecule has 4 rings (SSSR count). The van der Waals surface area contributed by atoms with Gasteiger partial charge in [-0.3, -0.25) is 9.36 Å². The van der Waals surface area contributed by atoms with E-state index in [-0.39, 0.29) is 18.0 Å². The Labute approximate surface area is 185 Å². The minimum absolute atomic E-state index is 0.0923. The number of nitrogens with two attached hydrogens (primary N) is 2. The maximum Gasteiger partial charge on any atom is 0.249 e. The van der Waals surface area contributed by atoms with Crippen LogP contribution in [0.2, 0.25) is 0 Å². The number of aromatic nitrogens is 3. The molecule has 2 aromatic heterocycles. The lowest BCUT2D eigenvalue weighted by atomic mass is 10.1. The molecule has 0 saturated carbocycles. The second-order valence-electron chi connectivity index (χ2n) is 7.89. The van der Waals surface area contributed by atoms with Crippen LogP contribution in [-0.4, -0.2) is 20.4 Å². The van der Waals surface area contributed by atoms with Crippen LogP contribution in [0.25, 0.3) is 16.9 Å². The van der Waals surface area contributed by atoms with Gasteiger partial charge in [0.25, 0.3) is 0 Å². The summed E-state index contributed by atoms with van der Waals surface area (Å²) in [6.07, 6.45) is 1.76. The molecule has 2 aromatic carbocycles. The highest BCUT2D eigenvalue weighted by Crippen LogP contribution is 2.29. The van der Waals surface area contributed by atoms with Gasteiger partial charge in [0.1, 0.15) is 11.6 Å². The summed E-state index contributed by atoms with van der Waals surface area (Å²) in [5.41, 5.74) is 14.7. The first-order valence-electron chi connectivity index (χ1n) is 10.4. The van der Waals surface area contributed by atoms with Crippen LogP contribution in [0.4, 0.5) is 10.2 Å². The molecule has 0 atom stereocenters. The summed E-state index contributed by atoms with van der Waals surface area (Å²) in [6, 6.07) is 14.2. The lowest BCUT2D eigenvalue weighted by molar-refractivity contribution is 0.100. The third kappa shape index (κ3) is 4.04. The zero-order valence-corrected chi connectivity index (χ0v) is 18.0. The molecule has 8 heteroatoms. The van der Waals surface area contributed by atoms with E-state index in [1.54, 1.807) is 16.8 Å². The minimum Gasteiger partial charge on any atom is -0.366 e. The fraction of sp³-hybridized carbons (Fsp3) is 0.208. The number of primary amides is 1. The number of rotatable bonds is 7. The number of carbonyl (C=O) groups is 1. The van der Waals surface area contributed by atoms with Crippen LogP contribution in [0.5, 0.6) is 0 Å². The maximum atomic E-state index is 14.3. The van der Waals surface area contributed by atoms with Crippen molar-refractivity contribution in [2.45, 2.75) is 32.9 Å². The molecular weight excluding hydrogens is 407 g/mol. The predicted molar refractivity (Wildman–Crippen MR) is 123 cm³/mol. The summed E-state index contributed by atoms with van der Waals surface area (Å²) in [5, 5.41) is 3.90. The summed E-state index contributed by atoms with van der Waals surface area (Å²) < 4.78 is 16.0. The Morgan fingerprint density at radius 3 is 2.59 bits per heavy atom. The molecule has 0 unspecified atom stereocenters. The fourth-order valence-corrected chi connectivity index (χ4v) is 3.75. The molecule has 0 bridgehead atoms. The number of carbonyl (C=O) groups excluding carboxylic acids is 1. The summed E-state index contributed by atoms with van der Waals surface area (Å²) in [7, 11) is 0. The highest BCUT2D eigenvalue weighted by molar-refractivity contribution is 6.06. The quantitative estimate of drug-likeness (QED) is 0.411. The first-order valence-corrected chi connectivity index (χ1v) is 10.4. The normalized spacial score (nSPS) is 11.3. The van der Waals surface area contributed by atoms with Gasteiger partial charge in [-0.1, -0.05) is 44.2 Å². The van der Waals surface area contributed by atoms with Gasteiger partial charge in [0.05, 0.1) is 11.1 Å². The summed E-state index contributed by atoms with van der Waals surface area (Å²) in [6.45, 7) is 4.87. The van der Waals surface area contributed by atoms with Crippen molar-refractivity contribution in [2.75, 3.05) is 5.32 Å². The van der Waals surface area contributed by atoms with Crippen LogP contribution in [0.1, 0.15) is 46.9 Å². The Morgan fingerprint density at radius 1 is 1.19 bits per heavy atom. The van der Waals surface area contributed by atoms with Crippen LogP contribution < -0.4 is 16.8 Å². The van der Waals surface area contributed by atoms with E-state index in [1.807, 2.05) is 30.3 Å². The van der Waals surface area contributed by atoms with Crippen LogP contribution in [0.3, 0.4) is 0 Å². The molecule has 0 saturated heterocycles. The Bertz CT molecular complexity index is 1280. The summed E-state index contributed by atoms with van der Waals surface area (Å²) in [4.78, 5) is 21.2. The van der Waals surface area contributed by atoms with Crippen molar-refractivity contribution in [3.05, 3.63) is 82.9 Å². The van der Waals surface area contributed by atoms with Gasteiger partial charge in [-0.05, 0) is 29.7 Å². The standard InChI is InChI=1S/C24H25FN6O/c1-14(2)20-13-29-24(30-23(20)28-12-15-6-4-3-5-7-15)31-17(11-26)10-18-19(22(27)32)8-16(25)9-21(18)31/h3-10,13-14H,11-12,26H2,1-2H3,(H2,27,32)(H,28,29,30). The van der Waals surface area contributed by atoms with E-state index >= 15 is 0 Å². The molecule has 0 aliphatic carbocycles. The molecule has 32 heavy (non-hydrogen) atoms. The Morgan fingerprint density at radius 2 is 1.94 bits per heavy atom. The van der Waals surface area contributed by atoms with E-state index < -0.39 is 11.7 Å². The van der Waals surface area contributed by atoms with Gasteiger partial charge in [-0.15, -0.1) is 0 Å². The largest absolute Gasteiger partial charge is 0.366 e. The number of anilines is 1. The van der Waals surface area contributed by atoms with Crippen LogP contribution in [0.15, 0.2) is 54.7 Å². The van der Waals surface area contributed by atoms with E-state index in [4.69, 9.17) is 16.5 Å². The second-order valence-corrected chi connectivity index (χ2v) is 7.89. The average molecular weight is 433 g/mol. The number of nitrogens with zero attached hydrogens (tertiary/aromatic N) is 3. The van der Waals surface area contributed by atoms with E-state index in [9.17, 15) is 9.18 Å². The third-order valence-corrected chi connectivity index (χ3v) is 5.37. The van der Waals surface area contributed by atoms with Crippen LogP contribution >= 0.6 is 0 Å². The molecule has 0 radical (unpaired) electrons. The number of fused-ring (bicyclic) bond motifs is 1. The van der Waals surface area contributed by atoms with Crippen molar-refractivity contribution in [3.8, 4) is 5.95 Å². The van der Waals surface area contributed by atoms with Crippen molar-refractivity contribution in [1.29, 1.82) is 0 Å². The van der Waals surface area contributed by atoms with E-state index in [1.165, 1.54) is 6.07 Å². The SMILES string of the molecule is CC(C)c1cnc(-n2c(CN)cc3c(C(N)=O)cc(F)cc32)nc1NCc1ccccc1. The molecule has 164 valence electrons. The van der Waals surface area contributed by atoms with Crippen LogP contribution in [0, 0.1) is 5.82 Å².